The van der Waals surface area contributed by atoms with Crippen molar-refractivity contribution in [2.75, 3.05) is 26.2 Å². The molecule has 0 radical (unpaired) electrons. The zero-order valence-electron chi connectivity index (χ0n) is 14.9. The van der Waals surface area contributed by atoms with Crippen LogP contribution in [0.1, 0.15) is 16.9 Å². The molecule has 6 nitrogen and oxygen atoms in total. The van der Waals surface area contributed by atoms with E-state index in [2.05, 4.69) is 0 Å². The summed E-state index contributed by atoms with van der Waals surface area (Å²) in [6.45, 7) is 5.05. The number of hydrogen-bond acceptors (Lipinski definition) is 4. The molecule has 1 aromatic heterocycles. The summed E-state index contributed by atoms with van der Waals surface area (Å²) in [5.74, 6) is 0.458. The highest BCUT2D eigenvalue weighted by atomic mass is 32.2. The molecule has 1 aliphatic rings. The van der Waals surface area contributed by atoms with E-state index in [9.17, 15) is 13.2 Å². The van der Waals surface area contributed by atoms with Crippen LogP contribution in [-0.2, 0) is 14.8 Å². The average Bonchev–Trinajstić information content (AvgIpc) is 3.13. The van der Waals surface area contributed by atoms with Crippen molar-refractivity contribution in [2.24, 2.45) is 0 Å². The molecule has 2 heterocycles. The first-order valence-corrected chi connectivity index (χ1v) is 9.90. The van der Waals surface area contributed by atoms with E-state index in [4.69, 9.17) is 4.42 Å². The molecule has 1 aliphatic heterocycles. The lowest BCUT2D eigenvalue weighted by molar-refractivity contribution is -0.127. The van der Waals surface area contributed by atoms with Gasteiger partial charge in [-0.3, -0.25) is 4.79 Å². The van der Waals surface area contributed by atoms with E-state index in [0.29, 0.717) is 23.7 Å². The van der Waals surface area contributed by atoms with E-state index >= 15 is 0 Å². The molecule has 0 aliphatic carbocycles. The number of nitrogens with zero attached hydrogens (tertiary/aromatic N) is 2. The van der Waals surface area contributed by atoms with Crippen LogP contribution in [0.5, 0.6) is 0 Å². The number of rotatable bonds is 4. The number of aryl methyl sites for hydroxylation is 2. The van der Waals surface area contributed by atoms with E-state index in [1.54, 1.807) is 48.4 Å². The highest BCUT2D eigenvalue weighted by Gasteiger charge is 2.30. The van der Waals surface area contributed by atoms with Gasteiger partial charge in [0.15, 0.2) is 0 Å². The molecule has 0 spiro atoms. The first-order valence-electron chi connectivity index (χ1n) is 8.46. The molecule has 0 atom stereocenters. The van der Waals surface area contributed by atoms with Crippen molar-refractivity contribution in [3.05, 3.63) is 59.6 Å². The summed E-state index contributed by atoms with van der Waals surface area (Å²) in [5, 5.41) is 0. The molecule has 1 amide bonds. The van der Waals surface area contributed by atoms with Crippen molar-refractivity contribution >= 4 is 22.0 Å². The van der Waals surface area contributed by atoms with Crippen molar-refractivity contribution in [3.63, 3.8) is 0 Å². The third-order valence-corrected chi connectivity index (χ3v) is 6.49. The van der Waals surface area contributed by atoms with E-state index in [-0.39, 0.29) is 19.0 Å². The second kappa shape index (κ2) is 7.47. The van der Waals surface area contributed by atoms with Crippen LogP contribution in [0.4, 0.5) is 0 Å². The van der Waals surface area contributed by atoms with Crippen molar-refractivity contribution in [3.8, 4) is 0 Å². The number of piperazine rings is 1. The fourth-order valence-corrected chi connectivity index (χ4v) is 4.65. The quantitative estimate of drug-likeness (QED) is 0.771. The Bertz CT molecular complexity index is 909. The van der Waals surface area contributed by atoms with Crippen LogP contribution >= 0.6 is 0 Å². The summed E-state index contributed by atoms with van der Waals surface area (Å²) in [6, 6.07) is 8.84. The average molecular weight is 374 g/mol. The maximum absolute atomic E-state index is 12.9. The molecule has 26 heavy (non-hydrogen) atoms. The summed E-state index contributed by atoms with van der Waals surface area (Å²) < 4.78 is 32.4. The molecule has 7 heteroatoms. The SMILES string of the molecule is Cc1ccc(S(=O)(=O)N2CCN(C(=O)/C=C/c3ccco3)CC2)c(C)c1. The Balaban J connectivity index is 1.65. The van der Waals surface area contributed by atoms with Crippen molar-refractivity contribution in [1.29, 1.82) is 0 Å². The third-order valence-electron chi connectivity index (χ3n) is 4.43. The van der Waals surface area contributed by atoms with Gasteiger partial charge in [-0.25, -0.2) is 8.42 Å². The van der Waals surface area contributed by atoms with Crippen LogP contribution in [0.2, 0.25) is 0 Å². The summed E-state index contributed by atoms with van der Waals surface area (Å²) >= 11 is 0. The molecule has 0 saturated carbocycles. The fourth-order valence-electron chi connectivity index (χ4n) is 3.02. The Hall–Kier alpha value is -2.38. The van der Waals surface area contributed by atoms with Crippen LogP contribution in [0, 0.1) is 13.8 Å². The lowest BCUT2D eigenvalue weighted by Gasteiger charge is -2.33. The minimum Gasteiger partial charge on any atom is -0.465 e. The topological polar surface area (TPSA) is 70.8 Å². The lowest BCUT2D eigenvalue weighted by Crippen LogP contribution is -2.50. The molecule has 0 unspecified atom stereocenters. The predicted molar refractivity (Wildman–Crippen MR) is 99.0 cm³/mol. The number of sulfonamides is 1. The third kappa shape index (κ3) is 3.89. The van der Waals surface area contributed by atoms with Gasteiger partial charge in [-0.1, -0.05) is 17.7 Å². The molecule has 3 rings (SSSR count). The normalized spacial score (nSPS) is 16.3. The zero-order valence-corrected chi connectivity index (χ0v) is 15.7. The van der Waals surface area contributed by atoms with Gasteiger partial charge in [-0.2, -0.15) is 4.31 Å². The monoisotopic (exact) mass is 374 g/mol. The van der Waals surface area contributed by atoms with Gasteiger partial charge < -0.3 is 9.32 Å². The molecule has 1 fully saturated rings. The molecule has 2 aromatic rings. The summed E-state index contributed by atoms with van der Waals surface area (Å²) in [6.07, 6.45) is 4.61. The van der Waals surface area contributed by atoms with Gasteiger partial charge in [-0.15, -0.1) is 0 Å². The van der Waals surface area contributed by atoms with Gasteiger partial charge in [0.1, 0.15) is 5.76 Å². The summed E-state index contributed by atoms with van der Waals surface area (Å²) in [5.41, 5.74) is 1.77. The largest absolute Gasteiger partial charge is 0.465 e. The van der Waals surface area contributed by atoms with Crippen LogP contribution in [0.3, 0.4) is 0 Å². The Labute approximate surface area is 153 Å². The van der Waals surface area contributed by atoms with Gasteiger partial charge >= 0.3 is 0 Å². The molecule has 0 bridgehead atoms. The van der Waals surface area contributed by atoms with Gasteiger partial charge in [0.25, 0.3) is 0 Å². The van der Waals surface area contributed by atoms with Crippen LogP contribution < -0.4 is 0 Å². The Morgan fingerprint density at radius 3 is 2.46 bits per heavy atom. The minimum absolute atomic E-state index is 0.148. The molecular formula is C19H22N2O4S. The highest BCUT2D eigenvalue weighted by molar-refractivity contribution is 7.89. The number of furan rings is 1. The van der Waals surface area contributed by atoms with Crippen LogP contribution in [0.25, 0.3) is 6.08 Å². The van der Waals surface area contributed by atoms with Gasteiger partial charge in [0.2, 0.25) is 15.9 Å². The van der Waals surface area contributed by atoms with Gasteiger partial charge in [-0.05, 0) is 43.7 Å². The van der Waals surface area contributed by atoms with E-state index in [1.165, 1.54) is 10.4 Å². The van der Waals surface area contributed by atoms with Crippen molar-refractivity contribution in [1.82, 2.24) is 9.21 Å². The predicted octanol–water partition coefficient (Wildman–Crippen LogP) is 2.44. The molecule has 138 valence electrons. The standard InChI is InChI=1S/C19H22N2O4S/c1-15-5-7-18(16(2)14-15)26(23,24)21-11-9-20(10-12-21)19(22)8-6-17-4-3-13-25-17/h3-8,13-14H,9-12H2,1-2H3/b8-6+. The number of carbonyl (C=O) groups is 1. The first-order chi connectivity index (χ1) is 12.4. The van der Waals surface area contributed by atoms with E-state index in [1.807, 2.05) is 13.0 Å². The van der Waals surface area contributed by atoms with Gasteiger partial charge in [0.05, 0.1) is 11.2 Å². The molecule has 1 saturated heterocycles. The second-order valence-electron chi connectivity index (χ2n) is 6.35. The molecule has 0 N–H and O–H groups in total. The Kier molecular flexibility index (Phi) is 5.29. The first kappa shape index (κ1) is 18.4. The summed E-state index contributed by atoms with van der Waals surface area (Å²) in [4.78, 5) is 14.2. The summed E-state index contributed by atoms with van der Waals surface area (Å²) in [7, 11) is -3.54. The minimum atomic E-state index is -3.54. The van der Waals surface area contributed by atoms with Crippen LogP contribution in [0.15, 0.2) is 52.0 Å². The Morgan fingerprint density at radius 1 is 1.12 bits per heavy atom. The van der Waals surface area contributed by atoms with E-state index < -0.39 is 10.0 Å². The number of hydrogen-bond donors (Lipinski definition) is 0. The zero-order chi connectivity index (χ0) is 18.7. The van der Waals surface area contributed by atoms with Gasteiger partial charge in [0, 0.05) is 32.3 Å². The fraction of sp³-hybridized carbons (Fsp3) is 0.316. The maximum atomic E-state index is 12.9. The highest BCUT2D eigenvalue weighted by Crippen LogP contribution is 2.22. The number of benzene rings is 1. The maximum Gasteiger partial charge on any atom is 0.246 e. The van der Waals surface area contributed by atoms with Crippen molar-refractivity contribution in [2.45, 2.75) is 18.7 Å². The Morgan fingerprint density at radius 2 is 1.85 bits per heavy atom. The smallest absolute Gasteiger partial charge is 0.246 e. The van der Waals surface area contributed by atoms with E-state index in [0.717, 1.165) is 11.1 Å². The number of amides is 1. The molecular weight excluding hydrogens is 352 g/mol. The lowest BCUT2D eigenvalue weighted by atomic mass is 10.2. The van der Waals surface area contributed by atoms with Crippen molar-refractivity contribution < 1.29 is 17.6 Å². The van der Waals surface area contributed by atoms with Crippen LogP contribution in [-0.4, -0.2) is 49.7 Å². The second-order valence-corrected chi connectivity index (χ2v) is 8.25. The number of carbonyl (C=O) groups excluding carboxylic acids is 1. The molecule has 1 aromatic carbocycles.